The second-order valence-corrected chi connectivity index (χ2v) is 13.8. The Bertz CT molecular complexity index is 1730. The summed E-state index contributed by atoms with van der Waals surface area (Å²) in [6.45, 7) is 5.26. The molecule has 1 aliphatic rings. The molecular weight excluding hydrogens is 1130 g/mol. The molecule has 320 valence electrons. The molecule has 0 bridgehead atoms. The number of nitrogens with one attached hydrogen (secondary N) is 1. The molecule has 0 saturated carbocycles. The van der Waals surface area contributed by atoms with Crippen molar-refractivity contribution in [1.29, 1.82) is 0 Å². The molecule has 0 aromatic heterocycles. The molecule has 1 amide bonds. The molecule has 0 unspecified atom stereocenters. The fraction of sp³-hybridized carbons (Fsp3) is 0.263. The van der Waals surface area contributed by atoms with Crippen LogP contribution in [0.25, 0.3) is 0 Å². The largest absolute Gasteiger partial charge is 2.00 e. The molecule has 2 N–H and O–H groups in total. The minimum Gasteiger partial charge on any atom is -1.00 e. The van der Waals surface area contributed by atoms with E-state index in [1.807, 2.05) is 6.92 Å². The van der Waals surface area contributed by atoms with Crippen molar-refractivity contribution >= 4 is 117 Å². The summed E-state index contributed by atoms with van der Waals surface area (Å²) in [5, 5.41) is 9.52. The molecule has 1 aliphatic heterocycles. The number of hydrogen-bond donors (Lipinski definition) is 2. The number of carboxylic acids is 1. The van der Waals surface area contributed by atoms with Gasteiger partial charge in [0.2, 0.25) is 0 Å². The van der Waals surface area contributed by atoms with E-state index in [1.54, 1.807) is 20.2 Å². The van der Waals surface area contributed by atoms with Gasteiger partial charge in [-0.1, -0.05) is 31.9 Å². The molecular formula is C38H44Br5ClF4MgN2O7. The molecule has 1 fully saturated rings. The number of halogens is 10. The van der Waals surface area contributed by atoms with E-state index in [4.69, 9.17) is 14.7 Å². The number of ether oxygens (including phenoxy) is 1. The van der Waals surface area contributed by atoms with Crippen molar-refractivity contribution in [1.82, 2.24) is 10.5 Å². The molecule has 0 atom stereocenters. The molecule has 0 spiro atoms. The smallest absolute Gasteiger partial charge is 1.00 e. The van der Waals surface area contributed by atoms with E-state index in [2.05, 4.69) is 74.0 Å². The molecule has 9 nitrogen and oxygen atoms in total. The van der Waals surface area contributed by atoms with Crippen LogP contribution in [-0.4, -0.2) is 92.4 Å². The van der Waals surface area contributed by atoms with E-state index >= 15 is 0 Å². The van der Waals surface area contributed by atoms with Crippen molar-refractivity contribution in [3.05, 3.63) is 144 Å². The van der Waals surface area contributed by atoms with Crippen LogP contribution in [0.2, 0.25) is 0 Å². The summed E-state index contributed by atoms with van der Waals surface area (Å²) in [7, 11) is 6.10. The number of rotatable bonds is 5. The van der Waals surface area contributed by atoms with Gasteiger partial charge in [0.1, 0.15) is 23.3 Å². The van der Waals surface area contributed by atoms with Gasteiger partial charge in [-0.05, 0) is 137 Å². The van der Waals surface area contributed by atoms with Crippen molar-refractivity contribution < 1.29 is 68.4 Å². The zero-order chi connectivity index (χ0) is 41.4. The monoisotopic (exact) mass is 1170 g/mol. The first-order valence-corrected chi connectivity index (χ1v) is 18.7. The Balaban J connectivity index is -0.000000198. The Kier molecular flexibility index (Phi) is 42.2. The van der Waals surface area contributed by atoms with E-state index in [1.165, 1.54) is 88.5 Å². The van der Waals surface area contributed by atoms with Crippen molar-refractivity contribution in [3.63, 3.8) is 0 Å². The maximum Gasteiger partial charge on any atom is 2.00 e. The molecule has 4 aromatic carbocycles. The van der Waals surface area contributed by atoms with Gasteiger partial charge < -0.3 is 39.1 Å². The SMILES string of the molecule is C1CCOC1.CC(=O)c1cc(F)ccc1Br.CNOC.CON(C)C(=O)c1cc(F)ccc1Br.Cc1cc(F)ccc1Br.Cl.O=C(O)c1cc(F)ccc1Br.[Br-].[CH3-].[Mg+2]. The number of Topliss-reactive ketones (excluding diaryl/α,β-unsaturated/α-hetero) is 1. The van der Waals surface area contributed by atoms with Gasteiger partial charge in [0.25, 0.3) is 5.91 Å². The minimum absolute atomic E-state index is 0. The number of benzene rings is 4. The number of ketones is 1. The fourth-order valence-corrected chi connectivity index (χ4v) is 5.07. The van der Waals surface area contributed by atoms with Crippen LogP contribution < -0.4 is 22.5 Å². The van der Waals surface area contributed by atoms with Crippen molar-refractivity contribution in [2.75, 3.05) is 41.5 Å². The van der Waals surface area contributed by atoms with Crippen LogP contribution in [0.4, 0.5) is 17.6 Å². The van der Waals surface area contributed by atoms with Gasteiger partial charge in [-0.25, -0.2) is 32.9 Å². The van der Waals surface area contributed by atoms with Gasteiger partial charge in [-0.15, -0.1) is 12.4 Å². The van der Waals surface area contributed by atoms with Crippen molar-refractivity contribution in [3.8, 4) is 0 Å². The number of hydroxylamine groups is 3. The standard InChI is InChI=1S/C9H9BrFNO2.C8H6BrFO.C7H4BrFO2.C7H6BrF.C4H8O.C2H7NO.CH3.BrH.ClH.Mg/c1-12(14-2)9(13)7-5-6(11)3-4-8(7)10;1-5(11)7-4-6(10)2-3-8(7)9;8-6-2-1-4(9)3-5(6)7(10)11;1-5-4-6(9)2-3-7(5)8;1-2-4-5-3-1;1-3-4-2;;;;/h3-5H,1-2H3;2-4H,1H3;1-3H,(H,10,11);2-4H,1H3;1-4H2;3H,1-2H3;1H3;2*1H;/q;;;;;;-1;;;+2/p-1. The van der Waals surface area contributed by atoms with Gasteiger partial charge in [-0.3, -0.25) is 14.4 Å². The van der Waals surface area contributed by atoms with Crippen LogP contribution in [0, 0.1) is 37.6 Å². The predicted molar refractivity (Wildman–Crippen MR) is 233 cm³/mol. The van der Waals surface area contributed by atoms with E-state index in [-0.39, 0.29) is 82.6 Å². The third-order valence-electron chi connectivity index (χ3n) is 6.34. The summed E-state index contributed by atoms with van der Waals surface area (Å²) >= 11 is 12.5. The number of carbonyl (C=O) groups excluding carboxylic acids is 2. The summed E-state index contributed by atoms with van der Waals surface area (Å²) in [4.78, 5) is 41.7. The van der Waals surface area contributed by atoms with E-state index in [9.17, 15) is 31.9 Å². The molecule has 4 aromatic rings. The second-order valence-electron chi connectivity index (χ2n) is 10.3. The van der Waals surface area contributed by atoms with Crippen LogP contribution in [0.15, 0.2) is 90.7 Å². The Morgan fingerprint density at radius 2 is 1.07 bits per heavy atom. The van der Waals surface area contributed by atoms with Gasteiger partial charge in [-0.2, -0.15) is 0 Å². The zero-order valence-electron chi connectivity index (χ0n) is 32.6. The van der Waals surface area contributed by atoms with Gasteiger partial charge in [0, 0.05) is 50.8 Å². The molecule has 5 rings (SSSR count). The zero-order valence-corrected chi connectivity index (χ0v) is 42.8. The summed E-state index contributed by atoms with van der Waals surface area (Å²) in [5.74, 6) is -3.27. The number of hydrogen-bond acceptors (Lipinski definition) is 7. The van der Waals surface area contributed by atoms with Gasteiger partial charge in [0.15, 0.2) is 5.78 Å². The number of carbonyl (C=O) groups is 3. The molecule has 1 saturated heterocycles. The van der Waals surface area contributed by atoms with Crippen molar-refractivity contribution in [2.45, 2.75) is 26.7 Å². The van der Waals surface area contributed by atoms with Crippen molar-refractivity contribution in [2.24, 2.45) is 0 Å². The Hall–Kier alpha value is -1.49. The third kappa shape index (κ3) is 28.1. The third-order valence-corrected chi connectivity index (χ3v) is 9.30. The molecule has 20 heteroatoms. The minimum atomic E-state index is -1.14. The average Bonchev–Trinajstić information content (AvgIpc) is 3.74. The van der Waals surface area contributed by atoms with Crippen LogP contribution >= 0.6 is 76.1 Å². The van der Waals surface area contributed by atoms with E-state index < -0.39 is 29.3 Å². The first-order valence-electron chi connectivity index (χ1n) is 15.5. The predicted octanol–water partition coefficient (Wildman–Crippen LogP) is 8.25. The number of amides is 1. The van der Waals surface area contributed by atoms with Crippen LogP contribution in [0.5, 0.6) is 0 Å². The second kappa shape index (κ2) is 37.3. The quantitative estimate of drug-likeness (QED) is 0.0676. The topological polar surface area (TPSA) is 114 Å². The summed E-state index contributed by atoms with van der Waals surface area (Å²) in [6, 6.07) is 16.1. The number of nitrogens with zero attached hydrogens (tertiary/aromatic N) is 1. The maximum atomic E-state index is 12.8. The Labute approximate surface area is 404 Å². The van der Waals surface area contributed by atoms with Gasteiger partial charge >= 0.3 is 29.0 Å². The fourth-order valence-electron chi connectivity index (χ4n) is 3.46. The Morgan fingerprint density at radius 3 is 1.34 bits per heavy atom. The molecule has 0 radical (unpaired) electrons. The molecule has 0 aliphatic carbocycles. The Morgan fingerprint density at radius 1 is 0.724 bits per heavy atom. The number of aromatic carboxylic acids is 1. The molecule has 1 heterocycles. The summed E-state index contributed by atoms with van der Waals surface area (Å²) in [6.07, 6.45) is 2.56. The first-order chi connectivity index (χ1) is 25.4. The summed E-state index contributed by atoms with van der Waals surface area (Å²) < 4.78 is 57.6. The summed E-state index contributed by atoms with van der Waals surface area (Å²) in [5.41, 5.74) is 3.90. The van der Waals surface area contributed by atoms with Crippen LogP contribution in [-0.2, 0) is 14.4 Å². The average molecular weight is 1180 g/mol. The van der Waals surface area contributed by atoms with Gasteiger partial charge in [0.05, 0.1) is 25.3 Å². The normalized spacial score (nSPS) is 10.2. The van der Waals surface area contributed by atoms with Crippen LogP contribution in [0.1, 0.15) is 56.4 Å². The first kappa shape index (κ1) is 65.6. The van der Waals surface area contributed by atoms with E-state index in [0.717, 1.165) is 40.4 Å². The maximum absolute atomic E-state index is 12.8. The molecule has 58 heavy (non-hydrogen) atoms. The van der Waals surface area contributed by atoms with E-state index in [0.29, 0.717) is 19.0 Å². The number of aryl methyl sites for hydroxylation is 1. The van der Waals surface area contributed by atoms with Crippen LogP contribution in [0.3, 0.4) is 0 Å². The number of carboxylic acid groups (broad SMARTS) is 1.